The summed E-state index contributed by atoms with van der Waals surface area (Å²) in [6.45, 7) is 2.55. The molecule has 9 heteroatoms. The average molecular weight is 442 g/mol. The largest absolute Gasteiger partial charge is 0.290 e. The van der Waals surface area contributed by atoms with Crippen molar-refractivity contribution in [3.8, 4) is 0 Å². The first-order chi connectivity index (χ1) is 13.0. The maximum atomic E-state index is 12.5. The van der Waals surface area contributed by atoms with Crippen LogP contribution in [0, 0.1) is 0 Å². The van der Waals surface area contributed by atoms with Crippen molar-refractivity contribution >= 4 is 58.4 Å². The predicted octanol–water partition coefficient (Wildman–Crippen LogP) is 5.80. The summed E-state index contributed by atoms with van der Waals surface area (Å²) in [6.07, 6.45) is 0. The zero-order valence-electron chi connectivity index (χ0n) is 14.2. The van der Waals surface area contributed by atoms with Gasteiger partial charge in [-0.2, -0.15) is 0 Å². The molecule has 1 aromatic heterocycles. The number of benzene rings is 2. The van der Waals surface area contributed by atoms with Crippen LogP contribution >= 0.6 is 46.6 Å². The number of halogens is 3. The van der Waals surface area contributed by atoms with Gasteiger partial charge in [0.25, 0.3) is 5.91 Å². The number of hydrogen-bond acceptors (Lipinski definition) is 4. The van der Waals surface area contributed by atoms with E-state index in [2.05, 4.69) is 15.5 Å². The van der Waals surface area contributed by atoms with Crippen molar-refractivity contribution in [2.24, 2.45) is 0 Å². The van der Waals surface area contributed by atoms with Crippen molar-refractivity contribution in [2.75, 3.05) is 5.32 Å². The smallest absolute Gasteiger partial charge is 0.259 e. The van der Waals surface area contributed by atoms with Crippen LogP contribution in [0.1, 0.15) is 22.8 Å². The van der Waals surface area contributed by atoms with Crippen LogP contribution < -0.4 is 5.32 Å². The fourth-order valence-corrected chi connectivity index (χ4v) is 4.16. The number of nitrogens with one attached hydrogen (secondary N) is 1. The van der Waals surface area contributed by atoms with Crippen LogP contribution in [0.5, 0.6) is 0 Å². The van der Waals surface area contributed by atoms with Gasteiger partial charge in [-0.15, -0.1) is 10.2 Å². The van der Waals surface area contributed by atoms with Crippen molar-refractivity contribution in [1.29, 1.82) is 0 Å². The molecule has 140 valence electrons. The van der Waals surface area contributed by atoms with E-state index in [0.29, 0.717) is 39.0 Å². The van der Waals surface area contributed by atoms with Gasteiger partial charge in [-0.3, -0.25) is 14.7 Å². The monoisotopic (exact) mass is 440 g/mol. The van der Waals surface area contributed by atoms with Crippen molar-refractivity contribution < 1.29 is 4.79 Å². The van der Waals surface area contributed by atoms with Crippen molar-refractivity contribution in [3.63, 3.8) is 0 Å². The molecule has 3 aromatic rings. The quantitative estimate of drug-likeness (QED) is 0.491. The lowest BCUT2D eigenvalue weighted by Crippen LogP contribution is -2.16. The van der Waals surface area contributed by atoms with Gasteiger partial charge in [0.05, 0.1) is 10.6 Å². The van der Waals surface area contributed by atoms with Crippen LogP contribution in [-0.4, -0.2) is 20.7 Å². The van der Waals surface area contributed by atoms with Gasteiger partial charge >= 0.3 is 0 Å². The Morgan fingerprint density at radius 3 is 2.59 bits per heavy atom. The highest BCUT2D eigenvalue weighted by Crippen LogP contribution is 2.27. The molecule has 0 bridgehead atoms. The first-order valence-corrected chi connectivity index (χ1v) is 10.2. The molecule has 1 N–H and O–H groups in total. The Morgan fingerprint density at radius 2 is 1.89 bits per heavy atom. The van der Waals surface area contributed by atoms with E-state index in [1.807, 2.05) is 35.8 Å². The molecule has 0 aliphatic heterocycles. The van der Waals surface area contributed by atoms with Gasteiger partial charge in [-0.05, 0) is 36.8 Å². The molecule has 0 atom stereocenters. The second-order valence-corrected chi connectivity index (χ2v) is 7.70. The molecule has 2 aromatic carbocycles. The van der Waals surface area contributed by atoms with Crippen LogP contribution in [0.4, 0.5) is 5.95 Å². The van der Waals surface area contributed by atoms with Gasteiger partial charge in [-0.1, -0.05) is 64.8 Å². The molecule has 0 aliphatic carbocycles. The van der Waals surface area contributed by atoms with E-state index < -0.39 is 0 Å². The SMILES string of the molecule is CCn1c(NC(=O)c2ccc(Cl)cc2Cl)nnc1SCc1ccccc1Cl. The van der Waals surface area contributed by atoms with Gasteiger partial charge in [-0.25, -0.2) is 0 Å². The Hall–Kier alpha value is -1.73. The molecule has 0 fully saturated rings. The van der Waals surface area contributed by atoms with E-state index in [1.54, 1.807) is 12.1 Å². The molecular weight excluding hydrogens is 427 g/mol. The van der Waals surface area contributed by atoms with Crippen molar-refractivity contribution in [3.05, 3.63) is 68.7 Å². The van der Waals surface area contributed by atoms with E-state index in [1.165, 1.54) is 17.8 Å². The molecule has 0 unspecified atom stereocenters. The summed E-state index contributed by atoms with van der Waals surface area (Å²) in [5.41, 5.74) is 1.32. The Labute approximate surface area is 176 Å². The maximum Gasteiger partial charge on any atom is 0.259 e. The average Bonchev–Trinajstić information content (AvgIpc) is 3.02. The van der Waals surface area contributed by atoms with E-state index in [4.69, 9.17) is 34.8 Å². The summed E-state index contributed by atoms with van der Waals surface area (Å²) >= 11 is 19.7. The summed E-state index contributed by atoms with van der Waals surface area (Å²) in [4.78, 5) is 12.5. The molecule has 1 heterocycles. The molecule has 0 radical (unpaired) electrons. The number of anilines is 1. The van der Waals surface area contributed by atoms with Gasteiger partial charge in [0.2, 0.25) is 5.95 Å². The number of hydrogen-bond donors (Lipinski definition) is 1. The number of carbonyl (C=O) groups is 1. The lowest BCUT2D eigenvalue weighted by molar-refractivity contribution is 0.102. The highest BCUT2D eigenvalue weighted by Gasteiger charge is 2.17. The molecule has 0 saturated heterocycles. The van der Waals surface area contributed by atoms with Crippen LogP contribution in [0.15, 0.2) is 47.6 Å². The Kier molecular flexibility index (Phi) is 6.65. The molecule has 1 amide bonds. The summed E-state index contributed by atoms with van der Waals surface area (Å²) in [5, 5.41) is 13.2. The number of rotatable bonds is 6. The molecule has 5 nitrogen and oxygen atoms in total. The maximum absolute atomic E-state index is 12.5. The van der Waals surface area contributed by atoms with E-state index in [9.17, 15) is 4.79 Å². The van der Waals surface area contributed by atoms with Gasteiger partial charge in [0.15, 0.2) is 5.16 Å². The minimum atomic E-state index is -0.374. The van der Waals surface area contributed by atoms with E-state index >= 15 is 0 Å². The lowest BCUT2D eigenvalue weighted by atomic mass is 10.2. The minimum Gasteiger partial charge on any atom is -0.290 e. The van der Waals surface area contributed by atoms with Crippen LogP contribution in [0.2, 0.25) is 15.1 Å². The van der Waals surface area contributed by atoms with E-state index in [-0.39, 0.29) is 10.9 Å². The second kappa shape index (κ2) is 8.97. The van der Waals surface area contributed by atoms with E-state index in [0.717, 1.165) is 5.56 Å². The zero-order chi connectivity index (χ0) is 19.4. The minimum absolute atomic E-state index is 0.274. The summed E-state index contributed by atoms with van der Waals surface area (Å²) < 4.78 is 1.82. The normalized spacial score (nSPS) is 10.8. The first-order valence-electron chi connectivity index (χ1n) is 8.05. The highest BCUT2D eigenvalue weighted by atomic mass is 35.5. The lowest BCUT2D eigenvalue weighted by Gasteiger charge is -2.09. The Balaban J connectivity index is 1.75. The third-order valence-electron chi connectivity index (χ3n) is 3.75. The number of thioether (sulfide) groups is 1. The van der Waals surface area contributed by atoms with Crippen LogP contribution in [0.25, 0.3) is 0 Å². The van der Waals surface area contributed by atoms with Gasteiger partial charge < -0.3 is 0 Å². The molecule has 0 spiro atoms. The number of carbonyl (C=O) groups excluding carboxylic acids is 1. The second-order valence-electron chi connectivity index (χ2n) is 5.51. The third-order valence-corrected chi connectivity index (χ3v) is 5.68. The van der Waals surface area contributed by atoms with Crippen LogP contribution in [0.3, 0.4) is 0 Å². The highest BCUT2D eigenvalue weighted by molar-refractivity contribution is 7.98. The Bertz CT molecular complexity index is 977. The molecule has 0 saturated carbocycles. The molecular formula is C18H15Cl3N4OS. The summed E-state index contributed by atoms with van der Waals surface area (Å²) in [6, 6.07) is 12.3. The third kappa shape index (κ3) is 4.76. The number of aromatic nitrogens is 3. The Morgan fingerprint density at radius 1 is 1.11 bits per heavy atom. The van der Waals surface area contributed by atoms with Gasteiger partial charge in [0, 0.05) is 22.3 Å². The van der Waals surface area contributed by atoms with Gasteiger partial charge in [0.1, 0.15) is 0 Å². The fourth-order valence-electron chi connectivity index (χ4n) is 2.37. The number of amides is 1. The molecule has 27 heavy (non-hydrogen) atoms. The predicted molar refractivity (Wildman–Crippen MR) is 111 cm³/mol. The van der Waals surface area contributed by atoms with Crippen LogP contribution in [-0.2, 0) is 12.3 Å². The van der Waals surface area contributed by atoms with Crippen molar-refractivity contribution in [2.45, 2.75) is 24.4 Å². The zero-order valence-corrected chi connectivity index (χ0v) is 17.3. The summed E-state index contributed by atoms with van der Waals surface area (Å²) in [5.74, 6) is 0.631. The molecule has 0 aliphatic rings. The number of nitrogens with zero attached hydrogens (tertiary/aromatic N) is 3. The first kappa shape index (κ1) is 20.0. The molecule has 3 rings (SSSR count). The summed E-state index contributed by atoms with van der Waals surface area (Å²) in [7, 11) is 0. The fraction of sp³-hybridized carbons (Fsp3) is 0.167. The topological polar surface area (TPSA) is 59.8 Å². The standard InChI is InChI=1S/C18H15Cl3N4OS/c1-2-25-17(22-16(26)13-8-7-12(19)9-15(13)21)23-24-18(25)27-10-11-5-3-4-6-14(11)20/h3-9H,2,10H2,1H3,(H,22,23,26). The van der Waals surface area contributed by atoms with Crippen molar-refractivity contribution in [1.82, 2.24) is 14.8 Å².